The minimum atomic E-state index is -0.477. The van der Waals surface area contributed by atoms with Crippen molar-refractivity contribution in [2.75, 3.05) is 13.2 Å². The molecule has 1 aromatic heterocycles. The van der Waals surface area contributed by atoms with Crippen molar-refractivity contribution in [3.05, 3.63) is 21.3 Å². The number of nitrogens with one attached hydrogen (secondary N) is 1. The van der Waals surface area contributed by atoms with Gasteiger partial charge >= 0.3 is 0 Å². The molecule has 2 N–H and O–H groups in total. The molecule has 1 aliphatic heterocycles. The Morgan fingerprint density at radius 1 is 1.58 bits per heavy atom. The summed E-state index contributed by atoms with van der Waals surface area (Å²) in [6, 6.07) is 4.16. The minimum absolute atomic E-state index is 0.161. The van der Waals surface area contributed by atoms with Gasteiger partial charge in [-0.2, -0.15) is 0 Å². The van der Waals surface area contributed by atoms with Crippen LogP contribution in [0.2, 0.25) is 4.34 Å². The second-order valence-corrected chi connectivity index (χ2v) is 7.86. The third-order valence-electron chi connectivity index (χ3n) is 4.55. The summed E-state index contributed by atoms with van der Waals surface area (Å²) >= 11 is 7.34. The van der Waals surface area contributed by atoms with E-state index in [-0.39, 0.29) is 5.41 Å². The number of rotatable bonds is 4. The van der Waals surface area contributed by atoms with Gasteiger partial charge in [-0.25, -0.2) is 0 Å². The van der Waals surface area contributed by atoms with E-state index < -0.39 is 6.10 Å². The van der Waals surface area contributed by atoms with Gasteiger partial charge in [-0.3, -0.25) is 0 Å². The maximum absolute atomic E-state index is 10.2. The molecular weight excluding hydrogens is 282 g/mol. The summed E-state index contributed by atoms with van der Waals surface area (Å²) in [4.78, 5) is 0.925. The first kappa shape index (κ1) is 13.8. The Morgan fingerprint density at radius 2 is 2.37 bits per heavy atom. The van der Waals surface area contributed by atoms with E-state index in [1.165, 1.54) is 11.3 Å². The fraction of sp³-hybridized carbons (Fsp3) is 0.714. The quantitative estimate of drug-likeness (QED) is 0.898. The fourth-order valence-corrected chi connectivity index (χ4v) is 4.63. The molecule has 19 heavy (non-hydrogen) atoms. The monoisotopic (exact) mass is 301 g/mol. The molecule has 4 atom stereocenters. The van der Waals surface area contributed by atoms with Gasteiger partial charge in [0, 0.05) is 35.4 Å². The molecule has 1 aromatic rings. The molecule has 2 fully saturated rings. The number of aliphatic hydroxyl groups excluding tert-OH is 1. The van der Waals surface area contributed by atoms with E-state index in [4.69, 9.17) is 16.3 Å². The van der Waals surface area contributed by atoms with Gasteiger partial charge in [0.15, 0.2) is 0 Å². The van der Waals surface area contributed by atoms with Crippen LogP contribution in [0.5, 0.6) is 0 Å². The summed E-state index contributed by atoms with van der Waals surface area (Å²) < 4.78 is 6.50. The normalized spacial score (nSPS) is 33.8. The lowest BCUT2D eigenvalue weighted by Gasteiger charge is -2.55. The molecule has 2 aliphatic rings. The second kappa shape index (κ2) is 5.01. The lowest BCUT2D eigenvalue weighted by atomic mass is 9.57. The lowest BCUT2D eigenvalue weighted by molar-refractivity contribution is -0.114. The van der Waals surface area contributed by atoms with Crippen LogP contribution in [0, 0.1) is 11.3 Å². The van der Waals surface area contributed by atoms with Crippen LogP contribution in [0.15, 0.2) is 12.1 Å². The molecule has 106 valence electrons. The molecule has 0 aromatic carbocycles. The SMILES string of the molecule is CC1(C)C(NCC(O)c2ccc(Cl)s2)C2CCOC21. The van der Waals surface area contributed by atoms with Crippen LogP contribution in [-0.4, -0.2) is 30.4 Å². The largest absolute Gasteiger partial charge is 0.386 e. The van der Waals surface area contributed by atoms with Crippen LogP contribution in [0.1, 0.15) is 31.2 Å². The standard InChI is InChI=1S/C14H20ClNO2S/c1-14(2)12(8-5-6-18-13(8)14)16-7-9(17)10-3-4-11(15)19-10/h3-4,8-9,12-13,16-17H,5-7H2,1-2H3. The first-order valence-corrected chi connectivity index (χ1v) is 7.98. The molecule has 3 rings (SSSR count). The zero-order chi connectivity index (χ0) is 13.6. The van der Waals surface area contributed by atoms with E-state index in [0.29, 0.717) is 24.6 Å². The van der Waals surface area contributed by atoms with Crippen molar-refractivity contribution < 1.29 is 9.84 Å². The summed E-state index contributed by atoms with van der Waals surface area (Å²) in [6.45, 7) is 5.94. The van der Waals surface area contributed by atoms with Crippen molar-refractivity contribution in [3.63, 3.8) is 0 Å². The molecule has 1 saturated carbocycles. The Balaban J connectivity index is 1.58. The van der Waals surface area contributed by atoms with E-state index in [0.717, 1.165) is 22.2 Å². The highest BCUT2D eigenvalue weighted by Crippen LogP contribution is 2.52. The predicted octanol–water partition coefficient (Wildman–Crippen LogP) is 2.84. The third kappa shape index (κ3) is 2.34. The Hall–Kier alpha value is -0.130. The molecule has 1 aliphatic carbocycles. The molecule has 1 saturated heterocycles. The van der Waals surface area contributed by atoms with E-state index in [2.05, 4.69) is 19.2 Å². The van der Waals surface area contributed by atoms with Crippen molar-refractivity contribution in [1.82, 2.24) is 5.32 Å². The molecule has 0 amide bonds. The van der Waals surface area contributed by atoms with Gasteiger partial charge in [0.05, 0.1) is 10.4 Å². The van der Waals surface area contributed by atoms with Gasteiger partial charge in [0.2, 0.25) is 0 Å². The predicted molar refractivity (Wildman–Crippen MR) is 77.7 cm³/mol. The van der Waals surface area contributed by atoms with Gasteiger partial charge < -0.3 is 15.2 Å². The lowest BCUT2D eigenvalue weighted by Crippen LogP contribution is -2.66. The van der Waals surface area contributed by atoms with Crippen LogP contribution in [0.4, 0.5) is 0 Å². The van der Waals surface area contributed by atoms with Crippen molar-refractivity contribution in [2.45, 2.75) is 38.5 Å². The topological polar surface area (TPSA) is 41.5 Å². The number of hydrogen-bond donors (Lipinski definition) is 2. The summed E-state index contributed by atoms with van der Waals surface area (Å²) in [7, 11) is 0. The molecule has 3 nitrogen and oxygen atoms in total. The molecule has 4 unspecified atom stereocenters. The molecular formula is C14H20ClNO2S. The van der Waals surface area contributed by atoms with Crippen LogP contribution in [0.25, 0.3) is 0 Å². The highest BCUT2D eigenvalue weighted by atomic mass is 35.5. The Bertz CT molecular complexity index is 462. The Kier molecular flexibility index (Phi) is 3.65. The number of thiophene rings is 1. The first-order valence-electron chi connectivity index (χ1n) is 6.78. The highest BCUT2D eigenvalue weighted by Gasteiger charge is 2.58. The van der Waals surface area contributed by atoms with E-state index in [1.807, 2.05) is 12.1 Å². The van der Waals surface area contributed by atoms with Crippen LogP contribution in [-0.2, 0) is 4.74 Å². The van der Waals surface area contributed by atoms with E-state index in [1.54, 1.807) is 0 Å². The second-order valence-electron chi connectivity index (χ2n) is 6.11. The van der Waals surface area contributed by atoms with Crippen molar-refractivity contribution in [1.29, 1.82) is 0 Å². The van der Waals surface area contributed by atoms with Gasteiger partial charge in [-0.1, -0.05) is 25.4 Å². The molecule has 2 heterocycles. The summed E-state index contributed by atoms with van der Waals surface area (Å²) in [6.07, 6.45) is 1.04. The van der Waals surface area contributed by atoms with Gasteiger partial charge in [0.25, 0.3) is 0 Å². The average molecular weight is 302 g/mol. The summed E-state index contributed by atoms with van der Waals surface area (Å²) in [5.41, 5.74) is 0.161. The number of aliphatic hydroxyl groups is 1. The highest BCUT2D eigenvalue weighted by molar-refractivity contribution is 7.16. The van der Waals surface area contributed by atoms with Crippen molar-refractivity contribution in [2.24, 2.45) is 11.3 Å². The first-order chi connectivity index (χ1) is 9.00. The van der Waals surface area contributed by atoms with Crippen LogP contribution < -0.4 is 5.32 Å². The molecule has 0 bridgehead atoms. The zero-order valence-corrected chi connectivity index (χ0v) is 12.8. The summed E-state index contributed by atoms with van der Waals surface area (Å²) in [5.74, 6) is 0.606. The third-order valence-corrected chi connectivity index (χ3v) is 5.89. The molecule has 5 heteroatoms. The fourth-order valence-electron chi connectivity index (χ4n) is 3.59. The smallest absolute Gasteiger partial charge is 0.101 e. The van der Waals surface area contributed by atoms with E-state index in [9.17, 15) is 5.11 Å². The number of halogens is 1. The Morgan fingerprint density at radius 3 is 3.05 bits per heavy atom. The molecule has 0 radical (unpaired) electrons. The van der Waals surface area contributed by atoms with Crippen LogP contribution >= 0.6 is 22.9 Å². The number of fused-ring (bicyclic) bond motifs is 1. The van der Waals surface area contributed by atoms with Gasteiger partial charge in [0.1, 0.15) is 6.10 Å². The van der Waals surface area contributed by atoms with Gasteiger partial charge in [-0.05, 0) is 18.6 Å². The maximum atomic E-state index is 10.2. The zero-order valence-electron chi connectivity index (χ0n) is 11.2. The summed E-state index contributed by atoms with van der Waals surface area (Å²) in [5, 5.41) is 13.7. The van der Waals surface area contributed by atoms with E-state index >= 15 is 0 Å². The number of ether oxygens (including phenoxy) is 1. The molecule has 0 spiro atoms. The van der Waals surface area contributed by atoms with Crippen LogP contribution in [0.3, 0.4) is 0 Å². The average Bonchev–Trinajstić information content (AvgIpc) is 2.96. The van der Waals surface area contributed by atoms with Gasteiger partial charge in [-0.15, -0.1) is 11.3 Å². The Labute approximate surface area is 122 Å². The number of hydrogen-bond acceptors (Lipinski definition) is 4. The minimum Gasteiger partial charge on any atom is -0.386 e. The van der Waals surface area contributed by atoms with Crippen molar-refractivity contribution in [3.8, 4) is 0 Å². The maximum Gasteiger partial charge on any atom is 0.101 e. The van der Waals surface area contributed by atoms with Crippen molar-refractivity contribution >= 4 is 22.9 Å².